The van der Waals surface area contributed by atoms with E-state index < -0.39 is 0 Å². The number of nitrogens with two attached hydrogens (primary N) is 1. The summed E-state index contributed by atoms with van der Waals surface area (Å²) in [6, 6.07) is 0. The van der Waals surface area contributed by atoms with Gasteiger partial charge in [0.2, 0.25) is 0 Å². The van der Waals surface area contributed by atoms with Gasteiger partial charge in [0.25, 0.3) is 0 Å². The van der Waals surface area contributed by atoms with Crippen LogP contribution < -0.4 is 5.73 Å². The maximum absolute atomic E-state index is 10.3. The van der Waals surface area contributed by atoms with Gasteiger partial charge in [-0.25, -0.2) is 0 Å². The standard InChI is InChI=1S/C5H11NO2/c1-2-3-5(7)8-4-6/h2-4,6H2,1H3. The lowest BCUT2D eigenvalue weighted by Crippen LogP contribution is -2.10. The van der Waals surface area contributed by atoms with Gasteiger partial charge in [0.1, 0.15) is 6.73 Å². The zero-order valence-electron chi connectivity index (χ0n) is 5.02. The highest BCUT2D eigenvalue weighted by molar-refractivity contribution is 5.69. The normalized spacial score (nSPS) is 8.75. The van der Waals surface area contributed by atoms with E-state index in [1.54, 1.807) is 0 Å². The minimum atomic E-state index is -0.213. The molecule has 0 fully saturated rings. The summed E-state index contributed by atoms with van der Waals surface area (Å²) < 4.78 is 4.42. The van der Waals surface area contributed by atoms with Crippen molar-refractivity contribution in [3.63, 3.8) is 0 Å². The summed E-state index contributed by atoms with van der Waals surface area (Å²) in [5.41, 5.74) is 4.92. The molecule has 0 atom stereocenters. The average molecular weight is 117 g/mol. The second kappa shape index (κ2) is 4.59. The third-order valence-corrected chi connectivity index (χ3v) is 0.698. The van der Waals surface area contributed by atoms with Gasteiger partial charge < -0.3 is 4.74 Å². The molecular weight excluding hydrogens is 106 g/mol. The highest BCUT2D eigenvalue weighted by atomic mass is 16.5. The Bertz CT molecular complexity index is 64.8. The molecule has 0 unspecified atom stereocenters. The van der Waals surface area contributed by atoms with Crippen molar-refractivity contribution in [3.05, 3.63) is 0 Å². The van der Waals surface area contributed by atoms with E-state index in [1.807, 2.05) is 6.92 Å². The van der Waals surface area contributed by atoms with Crippen LogP contribution in [-0.4, -0.2) is 12.7 Å². The zero-order valence-corrected chi connectivity index (χ0v) is 5.02. The van der Waals surface area contributed by atoms with E-state index in [4.69, 9.17) is 5.73 Å². The Balaban J connectivity index is 3.06. The second-order valence-corrected chi connectivity index (χ2v) is 1.43. The molecule has 0 heterocycles. The number of hydrogen-bond donors (Lipinski definition) is 1. The van der Waals surface area contributed by atoms with E-state index in [2.05, 4.69) is 4.74 Å². The minimum absolute atomic E-state index is 0.00116. The number of esters is 1. The fraction of sp³-hybridized carbons (Fsp3) is 0.800. The van der Waals surface area contributed by atoms with Crippen LogP contribution >= 0.6 is 0 Å². The fourth-order valence-corrected chi connectivity index (χ4v) is 0.369. The van der Waals surface area contributed by atoms with Crippen molar-refractivity contribution in [2.24, 2.45) is 5.73 Å². The topological polar surface area (TPSA) is 52.3 Å². The second-order valence-electron chi connectivity index (χ2n) is 1.43. The predicted octanol–water partition coefficient (Wildman–Crippen LogP) is 0.246. The molecule has 0 amide bonds. The first-order valence-electron chi connectivity index (χ1n) is 2.67. The van der Waals surface area contributed by atoms with Crippen LogP contribution in [-0.2, 0) is 9.53 Å². The molecule has 0 aliphatic heterocycles. The molecule has 3 heteroatoms. The molecule has 0 saturated heterocycles. The van der Waals surface area contributed by atoms with Gasteiger partial charge in [-0.2, -0.15) is 0 Å². The van der Waals surface area contributed by atoms with Crippen LogP contribution in [0.25, 0.3) is 0 Å². The van der Waals surface area contributed by atoms with Crippen molar-refractivity contribution < 1.29 is 9.53 Å². The fourth-order valence-electron chi connectivity index (χ4n) is 0.369. The Hall–Kier alpha value is -0.570. The quantitative estimate of drug-likeness (QED) is 0.425. The third kappa shape index (κ3) is 3.61. The Morgan fingerprint density at radius 2 is 2.38 bits per heavy atom. The highest BCUT2D eigenvalue weighted by Gasteiger charge is 1.95. The van der Waals surface area contributed by atoms with Crippen molar-refractivity contribution in [3.8, 4) is 0 Å². The summed E-state index contributed by atoms with van der Waals surface area (Å²) >= 11 is 0. The van der Waals surface area contributed by atoms with Crippen molar-refractivity contribution in [2.75, 3.05) is 6.73 Å². The summed E-state index contributed by atoms with van der Waals surface area (Å²) in [5, 5.41) is 0. The van der Waals surface area contributed by atoms with Crippen LogP contribution in [0.4, 0.5) is 0 Å². The largest absolute Gasteiger partial charge is 0.450 e. The monoisotopic (exact) mass is 117 g/mol. The highest BCUT2D eigenvalue weighted by Crippen LogP contribution is 1.87. The van der Waals surface area contributed by atoms with Crippen LogP contribution in [0.2, 0.25) is 0 Å². The molecule has 0 aliphatic rings. The number of hydrogen-bond acceptors (Lipinski definition) is 3. The summed E-state index contributed by atoms with van der Waals surface area (Å²) in [5.74, 6) is -0.213. The molecule has 0 aromatic carbocycles. The van der Waals surface area contributed by atoms with E-state index in [9.17, 15) is 4.79 Å². The van der Waals surface area contributed by atoms with Crippen molar-refractivity contribution in [2.45, 2.75) is 19.8 Å². The Morgan fingerprint density at radius 3 is 2.75 bits per heavy atom. The van der Waals surface area contributed by atoms with Crippen molar-refractivity contribution in [1.29, 1.82) is 0 Å². The Kier molecular flexibility index (Phi) is 4.26. The average Bonchev–Trinajstić information content (AvgIpc) is 1.68. The predicted molar refractivity (Wildman–Crippen MR) is 30.1 cm³/mol. The van der Waals surface area contributed by atoms with E-state index in [-0.39, 0.29) is 12.7 Å². The maximum Gasteiger partial charge on any atom is 0.307 e. The number of rotatable bonds is 3. The Morgan fingerprint density at radius 1 is 1.75 bits per heavy atom. The lowest BCUT2D eigenvalue weighted by Gasteiger charge is -1.96. The third-order valence-electron chi connectivity index (χ3n) is 0.698. The molecular formula is C5H11NO2. The summed E-state index contributed by atoms with van der Waals surface area (Å²) in [7, 11) is 0. The lowest BCUT2D eigenvalue weighted by atomic mass is 10.3. The molecule has 48 valence electrons. The van der Waals surface area contributed by atoms with Gasteiger partial charge in [-0.1, -0.05) is 6.92 Å². The SMILES string of the molecule is CCCC(=O)OCN. The van der Waals surface area contributed by atoms with Gasteiger partial charge in [0.05, 0.1) is 0 Å². The van der Waals surface area contributed by atoms with E-state index >= 15 is 0 Å². The maximum atomic E-state index is 10.3. The molecule has 0 bridgehead atoms. The van der Waals surface area contributed by atoms with E-state index in [0.29, 0.717) is 6.42 Å². The summed E-state index contributed by atoms with van der Waals surface area (Å²) in [6.45, 7) is 1.91. The molecule has 2 N–H and O–H groups in total. The number of ether oxygens (including phenoxy) is 1. The first-order valence-corrected chi connectivity index (χ1v) is 2.67. The van der Waals surface area contributed by atoms with Gasteiger partial charge in [-0.3, -0.25) is 10.5 Å². The molecule has 0 aromatic rings. The van der Waals surface area contributed by atoms with Crippen LogP contribution in [0.3, 0.4) is 0 Å². The van der Waals surface area contributed by atoms with Crippen molar-refractivity contribution in [1.82, 2.24) is 0 Å². The van der Waals surface area contributed by atoms with Gasteiger partial charge in [-0.05, 0) is 6.42 Å². The minimum Gasteiger partial charge on any atom is -0.450 e. The summed E-state index contributed by atoms with van der Waals surface area (Å²) in [6.07, 6.45) is 1.29. The molecule has 0 spiro atoms. The molecule has 0 saturated carbocycles. The van der Waals surface area contributed by atoms with Gasteiger partial charge >= 0.3 is 5.97 Å². The van der Waals surface area contributed by atoms with Crippen LogP contribution in [0.1, 0.15) is 19.8 Å². The summed E-state index contributed by atoms with van der Waals surface area (Å²) in [4.78, 5) is 10.3. The number of carbonyl (C=O) groups is 1. The first-order chi connectivity index (χ1) is 3.81. The van der Waals surface area contributed by atoms with Crippen LogP contribution in [0, 0.1) is 0 Å². The molecule has 3 nitrogen and oxygen atoms in total. The molecule has 8 heavy (non-hydrogen) atoms. The molecule has 0 aliphatic carbocycles. The van der Waals surface area contributed by atoms with Gasteiger partial charge in [0, 0.05) is 6.42 Å². The van der Waals surface area contributed by atoms with Crippen LogP contribution in [0.5, 0.6) is 0 Å². The van der Waals surface area contributed by atoms with Crippen LogP contribution in [0.15, 0.2) is 0 Å². The van der Waals surface area contributed by atoms with E-state index in [1.165, 1.54) is 0 Å². The smallest absolute Gasteiger partial charge is 0.307 e. The lowest BCUT2D eigenvalue weighted by molar-refractivity contribution is -0.143. The number of carbonyl (C=O) groups excluding carboxylic acids is 1. The molecule has 0 aromatic heterocycles. The zero-order chi connectivity index (χ0) is 6.41. The van der Waals surface area contributed by atoms with Gasteiger partial charge in [-0.15, -0.1) is 0 Å². The van der Waals surface area contributed by atoms with Crippen molar-refractivity contribution >= 4 is 5.97 Å². The molecule has 0 radical (unpaired) electrons. The van der Waals surface area contributed by atoms with Gasteiger partial charge in [0.15, 0.2) is 0 Å². The molecule has 0 rings (SSSR count). The van der Waals surface area contributed by atoms with E-state index in [0.717, 1.165) is 6.42 Å². The Labute approximate surface area is 48.8 Å². The first kappa shape index (κ1) is 7.43.